The third kappa shape index (κ3) is 7.47. The van der Waals surface area contributed by atoms with Crippen LogP contribution in [0.5, 0.6) is 0 Å². The molecule has 0 atom stereocenters. The van der Waals surface area contributed by atoms with Crippen LogP contribution < -0.4 is 10.6 Å². The minimum absolute atomic E-state index is 0.889. The molecule has 0 bridgehead atoms. The Hall–Kier alpha value is -2.18. The monoisotopic (exact) mass is 423 g/mol. The molecule has 0 aliphatic carbocycles. The van der Waals surface area contributed by atoms with Crippen molar-refractivity contribution in [2.24, 2.45) is 0 Å². The molecule has 5 nitrogen and oxygen atoms in total. The van der Waals surface area contributed by atoms with Crippen LogP contribution in [0.2, 0.25) is 0 Å². The van der Waals surface area contributed by atoms with Crippen molar-refractivity contribution < 1.29 is 9.47 Å². The summed E-state index contributed by atoms with van der Waals surface area (Å²) in [7, 11) is 0. The summed E-state index contributed by atoms with van der Waals surface area (Å²) in [6.07, 6.45) is 3.45. The Morgan fingerprint density at radius 3 is 1.87 bits per heavy atom. The summed E-state index contributed by atoms with van der Waals surface area (Å²) in [5, 5.41) is 7.67. The number of rotatable bonds is 3. The van der Waals surface area contributed by atoms with Crippen LogP contribution in [0.4, 0.5) is 0 Å². The van der Waals surface area contributed by atoms with Gasteiger partial charge < -0.3 is 24.7 Å². The molecule has 0 amide bonds. The van der Waals surface area contributed by atoms with E-state index in [1.54, 1.807) is 0 Å². The second-order valence-electron chi connectivity index (χ2n) is 7.84. The predicted octanol–water partition coefficient (Wildman–Crippen LogP) is 4.24. The highest BCUT2D eigenvalue weighted by atomic mass is 16.5. The standard InChI is InChI=1S/C18H19N.2C4H9NO/c1-3-12-19-13-17(15-10-8-14(2)9-11-15)16-6-4-5-7-18(16)19;2*1-3-6-4-2-5-1/h4-11,13H,3,12H2,1-2H3;2*5H,1-4H2. The van der Waals surface area contributed by atoms with Gasteiger partial charge in [0.05, 0.1) is 26.4 Å². The Morgan fingerprint density at radius 1 is 0.806 bits per heavy atom. The highest BCUT2D eigenvalue weighted by Gasteiger charge is 2.09. The van der Waals surface area contributed by atoms with Crippen molar-refractivity contribution in [2.45, 2.75) is 26.8 Å². The maximum absolute atomic E-state index is 5.01. The number of nitrogens with one attached hydrogen (secondary N) is 2. The Kier molecular flexibility index (Phi) is 10.1. The quantitative estimate of drug-likeness (QED) is 0.662. The molecular formula is C26H37N3O2. The van der Waals surface area contributed by atoms with E-state index in [4.69, 9.17) is 9.47 Å². The Labute approximate surface area is 186 Å². The SMILES string of the molecule is C1COCCN1.C1COCCN1.CCCn1cc(-c2ccc(C)cc2)c2ccccc21. The number of para-hydroxylation sites is 1. The number of hydrogen-bond acceptors (Lipinski definition) is 4. The number of fused-ring (bicyclic) bond motifs is 1. The number of nitrogens with zero attached hydrogens (tertiary/aromatic N) is 1. The topological polar surface area (TPSA) is 47.4 Å². The summed E-state index contributed by atoms with van der Waals surface area (Å²) in [6.45, 7) is 13.1. The lowest BCUT2D eigenvalue weighted by molar-refractivity contribution is 0.109. The zero-order valence-electron chi connectivity index (χ0n) is 19.0. The molecule has 168 valence electrons. The van der Waals surface area contributed by atoms with Gasteiger partial charge in [0.1, 0.15) is 0 Å². The molecule has 5 heteroatoms. The van der Waals surface area contributed by atoms with E-state index < -0.39 is 0 Å². The molecule has 0 radical (unpaired) electrons. The highest BCUT2D eigenvalue weighted by Crippen LogP contribution is 2.30. The molecule has 31 heavy (non-hydrogen) atoms. The van der Waals surface area contributed by atoms with Crippen molar-refractivity contribution in [1.82, 2.24) is 15.2 Å². The van der Waals surface area contributed by atoms with Crippen LogP contribution in [-0.4, -0.2) is 57.2 Å². The van der Waals surface area contributed by atoms with Crippen molar-refractivity contribution in [2.75, 3.05) is 52.6 Å². The van der Waals surface area contributed by atoms with Crippen molar-refractivity contribution in [3.63, 3.8) is 0 Å². The van der Waals surface area contributed by atoms with E-state index in [9.17, 15) is 0 Å². The average molecular weight is 424 g/mol. The molecule has 0 spiro atoms. The van der Waals surface area contributed by atoms with Crippen LogP contribution in [0.25, 0.3) is 22.0 Å². The normalized spacial score (nSPS) is 16.1. The summed E-state index contributed by atoms with van der Waals surface area (Å²) in [6, 6.07) is 17.5. The van der Waals surface area contributed by atoms with Gasteiger partial charge in [-0.15, -0.1) is 0 Å². The summed E-state index contributed by atoms with van der Waals surface area (Å²) >= 11 is 0. The molecule has 2 saturated heterocycles. The zero-order valence-corrected chi connectivity index (χ0v) is 19.0. The van der Waals surface area contributed by atoms with E-state index in [-0.39, 0.29) is 0 Å². The Balaban J connectivity index is 0.000000184. The van der Waals surface area contributed by atoms with Crippen LogP contribution >= 0.6 is 0 Å². The smallest absolute Gasteiger partial charge is 0.0591 e. The summed E-state index contributed by atoms with van der Waals surface area (Å²) in [4.78, 5) is 0. The van der Waals surface area contributed by atoms with E-state index in [1.807, 2.05) is 0 Å². The first-order chi connectivity index (χ1) is 15.3. The van der Waals surface area contributed by atoms with Gasteiger partial charge in [-0.1, -0.05) is 55.0 Å². The highest BCUT2D eigenvalue weighted by molar-refractivity contribution is 5.96. The Morgan fingerprint density at radius 2 is 1.39 bits per heavy atom. The molecule has 0 unspecified atom stereocenters. The van der Waals surface area contributed by atoms with Crippen LogP contribution in [0, 0.1) is 6.92 Å². The zero-order chi connectivity index (χ0) is 21.7. The minimum atomic E-state index is 0.889. The second kappa shape index (κ2) is 13.3. The number of aryl methyl sites for hydroxylation is 2. The second-order valence-corrected chi connectivity index (χ2v) is 7.84. The van der Waals surface area contributed by atoms with Crippen LogP contribution in [0.1, 0.15) is 18.9 Å². The molecular weight excluding hydrogens is 386 g/mol. The molecule has 2 aliphatic rings. The van der Waals surface area contributed by atoms with Crippen molar-refractivity contribution in [1.29, 1.82) is 0 Å². The van der Waals surface area contributed by atoms with E-state index >= 15 is 0 Å². The molecule has 2 aliphatic heterocycles. The number of benzene rings is 2. The van der Waals surface area contributed by atoms with E-state index in [1.165, 1.54) is 27.6 Å². The van der Waals surface area contributed by atoms with Crippen molar-refractivity contribution in [3.8, 4) is 11.1 Å². The lowest BCUT2D eigenvalue weighted by atomic mass is 10.0. The first kappa shape index (κ1) is 23.5. The molecule has 5 rings (SSSR count). The van der Waals surface area contributed by atoms with Gasteiger partial charge in [0, 0.05) is 55.4 Å². The largest absolute Gasteiger partial charge is 0.379 e. The van der Waals surface area contributed by atoms with Gasteiger partial charge in [-0.2, -0.15) is 0 Å². The van der Waals surface area contributed by atoms with E-state index in [0.29, 0.717) is 0 Å². The lowest BCUT2D eigenvalue weighted by Crippen LogP contribution is -2.30. The maximum atomic E-state index is 5.01. The number of morpholine rings is 2. The van der Waals surface area contributed by atoms with Gasteiger partial charge in [0.15, 0.2) is 0 Å². The third-order valence-electron chi connectivity index (χ3n) is 5.31. The molecule has 3 aromatic rings. The molecule has 2 fully saturated rings. The van der Waals surface area contributed by atoms with Gasteiger partial charge in [-0.25, -0.2) is 0 Å². The van der Waals surface area contributed by atoms with Gasteiger partial charge in [-0.3, -0.25) is 0 Å². The fourth-order valence-corrected chi connectivity index (χ4v) is 3.67. The van der Waals surface area contributed by atoms with Gasteiger partial charge in [0.2, 0.25) is 0 Å². The van der Waals surface area contributed by atoms with Crippen LogP contribution in [0.3, 0.4) is 0 Å². The first-order valence-electron chi connectivity index (χ1n) is 11.5. The molecule has 2 aromatic carbocycles. The van der Waals surface area contributed by atoms with Crippen LogP contribution in [0.15, 0.2) is 54.7 Å². The third-order valence-corrected chi connectivity index (χ3v) is 5.31. The minimum Gasteiger partial charge on any atom is -0.379 e. The van der Waals surface area contributed by atoms with Gasteiger partial charge in [-0.05, 0) is 25.0 Å². The maximum Gasteiger partial charge on any atom is 0.0591 e. The van der Waals surface area contributed by atoms with Gasteiger partial charge in [0.25, 0.3) is 0 Å². The fourth-order valence-electron chi connectivity index (χ4n) is 3.67. The molecule has 3 heterocycles. The van der Waals surface area contributed by atoms with E-state index in [2.05, 4.69) is 83.8 Å². The van der Waals surface area contributed by atoms with Gasteiger partial charge >= 0.3 is 0 Å². The molecule has 2 N–H and O–H groups in total. The predicted molar refractivity (Wildman–Crippen MR) is 130 cm³/mol. The number of aromatic nitrogens is 1. The molecule has 0 saturated carbocycles. The summed E-state index contributed by atoms with van der Waals surface area (Å²) in [5.74, 6) is 0. The van der Waals surface area contributed by atoms with Crippen molar-refractivity contribution in [3.05, 3.63) is 60.3 Å². The van der Waals surface area contributed by atoms with Crippen LogP contribution in [-0.2, 0) is 16.0 Å². The summed E-state index contributed by atoms with van der Waals surface area (Å²) in [5.41, 5.74) is 5.28. The van der Waals surface area contributed by atoms with Crippen molar-refractivity contribution >= 4 is 10.9 Å². The number of ether oxygens (including phenoxy) is 2. The summed E-state index contributed by atoms with van der Waals surface area (Å²) < 4.78 is 12.4. The first-order valence-corrected chi connectivity index (χ1v) is 11.5. The Bertz CT molecular complexity index is 846. The van der Waals surface area contributed by atoms with E-state index in [0.717, 1.165) is 65.6 Å². The number of hydrogen-bond donors (Lipinski definition) is 2. The average Bonchev–Trinajstić information content (AvgIpc) is 3.21. The molecule has 1 aromatic heterocycles. The fraction of sp³-hybridized carbons (Fsp3) is 0.462. The lowest BCUT2D eigenvalue weighted by Gasteiger charge is -2.10.